The number of fused-ring (bicyclic) bond motifs is 1. The van der Waals surface area contributed by atoms with Crippen LogP contribution in [0.25, 0.3) is 11.0 Å². The molecule has 0 amide bonds. The van der Waals surface area contributed by atoms with E-state index in [0.29, 0.717) is 11.0 Å². The zero-order chi connectivity index (χ0) is 11.2. The standard InChI is InChI=1S/C9H6F3IN2/c1-4-2-3-5(13)7-6(4)14-8(15-7)9(10,11)12/h2-3H,1H3,(H,14,15). The van der Waals surface area contributed by atoms with Gasteiger partial charge in [-0.05, 0) is 41.1 Å². The summed E-state index contributed by atoms with van der Waals surface area (Å²) in [7, 11) is 0. The summed E-state index contributed by atoms with van der Waals surface area (Å²) < 4.78 is 37.9. The van der Waals surface area contributed by atoms with Gasteiger partial charge in [0.15, 0.2) is 0 Å². The van der Waals surface area contributed by atoms with Gasteiger partial charge < -0.3 is 4.98 Å². The molecule has 0 saturated heterocycles. The molecule has 0 unspecified atom stereocenters. The summed E-state index contributed by atoms with van der Waals surface area (Å²) in [6.45, 7) is 1.74. The van der Waals surface area contributed by atoms with Crippen LogP contribution in [0, 0.1) is 10.5 Å². The van der Waals surface area contributed by atoms with Crippen LogP contribution in [-0.2, 0) is 6.18 Å². The molecule has 1 aromatic carbocycles. The second kappa shape index (κ2) is 3.36. The first-order valence-corrected chi connectivity index (χ1v) is 5.19. The quantitative estimate of drug-likeness (QED) is 0.738. The first-order chi connectivity index (χ1) is 6.89. The normalized spacial score (nSPS) is 12.3. The second-order valence-corrected chi connectivity index (χ2v) is 4.33. The van der Waals surface area contributed by atoms with Crippen molar-refractivity contribution in [2.45, 2.75) is 13.1 Å². The maximum Gasteiger partial charge on any atom is 0.449 e. The third-order valence-corrected chi connectivity index (χ3v) is 2.96. The lowest BCUT2D eigenvalue weighted by atomic mass is 10.2. The summed E-state index contributed by atoms with van der Waals surface area (Å²) in [5.74, 6) is -0.940. The maximum absolute atomic E-state index is 12.4. The van der Waals surface area contributed by atoms with Crippen molar-refractivity contribution in [3.8, 4) is 0 Å². The number of nitrogens with one attached hydrogen (secondary N) is 1. The first-order valence-electron chi connectivity index (χ1n) is 4.11. The highest BCUT2D eigenvalue weighted by Crippen LogP contribution is 2.30. The van der Waals surface area contributed by atoms with Gasteiger partial charge in [-0.1, -0.05) is 6.07 Å². The number of nitrogens with zero attached hydrogens (tertiary/aromatic N) is 1. The number of H-pyrrole nitrogens is 1. The predicted octanol–water partition coefficient (Wildman–Crippen LogP) is 3.49. The van der Waals surface area contributed by atoms with Crippen molar-refractivity contribution in [3.63, 3.8) is 0 Å². The molecule has 2 nitrogen and oxygen atoms in total. The van der Waals surface area contributed by atoms with Crippen molar-refractivity contribution in [1.29, 1.82) is 0 Å². The van der Waals surface area contributed by atoms with E-state index >= 15 is 0 Å². The molecule has 0 saturated carbocycles. The Morgan fingerprint density at radius 1 is 1.33 bits per heavy atom. The number of hydrogen-bond acceptors (Lipinski definition) is 1. The minimum absolute atomic E-state index is 0.384. The Balaban J connectivity index is 2.76. The van der Waals surface area contributed by atoms with Crippen LogP contribution >= 0.6 is 22.6 Å². The summed E-state index contributed by atoms with van der Waals surface area (Å²) in [5.41, 5.74) is 1.56. The molecule has 6 heteroatoms. The Kier molecular flexibility index (Phi) is 2.40. The van der Waals surface area contributed by atoms with Crippen LogP contribution in [0.15, 0.2) is 12.1 Å². The highest BCUT2D eigenvalue weighted by atomic mass is 127. The average Bonchev–Trinajstić information content (AvgIpc) is 2.56. The number of halogens is 4. The van der Waals surface area contributed by atoms with E-state index < -0.39 is 12.0 Å². The molecule has 0 radical (unpaired) electrons. The zero-order valence-electron chi connectivity index (χ0n) is 7.61. The van der Waals surface area contributed by atoms with Gasteiger partial charge in [0.05, 0.1) is 11.0 Å². The molecule has 15 heavy (non-hydrogen) atoms. The van der Waals surface area contributed by atoms with Crippen LogP contribution < -0.4 is 0 Å². The third kappa shape index (κ3) is 1.82. The molecule has 0 spiro atoms. The van der Waals surface area contributed by atoms with E-state index in [4.69, 9.17) is 0 Å². The van der Waals surface area contributed by atoms with Gasteiger partial charge in [-0.25, -0.2) is 4.98 Å². The lowest BCUT2D eigenvalue weighted by Gasteiger charge is -1.99. The van der Waals surface area contributed by atoms with Crippen molar-refractivity contribution in [2.24, 2.45) is 0 Å². The fraction of sp³-hybridized carbons (Fsp3) is 0.222. The number of hydrogen-bond donors (Lipinski definition) is 1. The minimum Gasteiger partial charge on any atom is -0.333 e. The number of benzene rings is 1. The molecular formula is C9H6F3IN2. The molecular weight excluding hydrogens is 320 g/mol. The lowest BCUT2D eigenvalue weighted by molar-refractivity contribution is -0.144. The van der Waals surface area contributed by atoms with Gasteiger partial charge in [0.1, 0.15) is 0 Å². The van der Waals surface area contributed by atoms with E-state index in [1.807, 2.05) is 22.6 Å². The molecule has 0 aliphatic heterocycles. The number of aromatic amines is 1. The Labute approximate surface area is 97.0 Å². The van der Waals surface area contributed by atoms with Crippen LogP contribution in [0.4, 0.5) is 13.2 Å². The number of alkyl halides is 3. The number of aryl methyl sites for hydroxylation is 1. The van der Waals surface area contributed by atoms with E-state index in [0.717, 1.165) is 9.13 Å². The van der Waals surface area contributed by atoms with Gasteiger partial charge in [0.2, 0.25) is 5.82 Å². The van der Waals surface area contributed by atoms with Gasteiger partial charge in [-0.3, -0.25) is 0 Å². The van der Waals surface area contributed by atoms with Gasteiger partial charge >= 0.3 is 6.18 Å². The van der Waals surface area contributed by atoms with Gasteiger partial charge in [0, 0.05) is 3.57 Å². The molecule has 80 valence electrons. The summed E-state index contributed by atoms with van der Waals surface area (Å²) >= 11 is 1.98. The van der Waals surface area contributed by atoms with Gasteiger partial charge in [-0.15, -0.1) is 0 Å². The van der Waals surface area contributed by atoms with Crippen molar-refractivity contribution in [1.82, 2.24) is 9.97 Å². The second-order valence-electron chi connectivity index (χ2n) is 3.17. The summed E-state index contributed by atoms with van der Waals surface area (Å²) in [6.07, 6.45) is -4.42. The van der Waals surface area contributed by atoms with E-state index in [-0.39, 0.29) is 0 Å². The van der Waals surface area contributed by atoms with Crippen LogP contribution in [0.5, 0.6) is 0 Å². The molecule has 0 aliphatic rings. The third-order valence-electron chi connectivity index (χ3n) is 2.06. The summed E-state index contributed by atoms with van der Waals surface area (Å²) in [6, 6.07) is 3.52. The van der Waals surface area contributed by atoms with E-state index in [2.05, 4.69) is 9.97 Å². The van der Waals surface area contributed by atoms with Crippen LogP contribution in [-0.4, -0.2) is 9.97 Å². The topological polar surface area (TPSA) is 28.7 Å². The highest BCUT2D eigenvalue weighted by molar-refractivity contribution is 14.1. The van der Waals surface area contributed by atoms with Crippen LogP contribution in [0.2, 0.25) is 0 Å². The van der Waals surface area contributed by atoms with E-state index in [1.165, 1.54) is 0 Å². The zero-order valence-corrected chi connectivity index (χ0v) is 9.77. The number of aromatic nitrogens is 2. The SMILES string of the molecule is Cc1ccc(I)c2[nH]c(C(F)(F)F)nc12. The van der Waals surface area contributed by atoms with Crippen molar-refractivity contribution < 1.29 is 13.2 Å². The number of rotatable bonds is 0. The molecule has 0 atom stereocenters. The monoisotopic (exact) mass is 326 g/mol. The van der Waals surface area contributed by atoms with Crippen molar-refractivity contribution >= 4 is 33.6 Å². The minimum atomic E-state index is -4.42. The lowest BCUT2D eigenvalue weighted by Crippen LogP contribution is -2.06. The average molecular weight is 326 g/mol. The molecule has 0 aliphatic carbocycles. The molecule has 0 bridgehead atoms. The molecule has 2 rings (SSSR count). The van der Waals surface area contributed by atoms with Crippen molar-refractivity contribution in [3.05, 3.63) is 27.1 Å². The largest absolute Gasteiger partial charge is 0.449 e. The van der Waals surface area contributed by atoms with Gasteiger partial charge in [0.25, 0.3) is 0 Å². The van der Waals surface area contributed by atoms with Crippen LogP contribution in [0.3, 0.4) is 0 Å². The number of imidazole rings is 1. The Morgan fingerprint density at radius 3 is 2.53 bits per heavy atom. The van der Waals surface area contributed by atoms with E-state index in [1.54, 1.807) is 19.1 Å². The van der Waals surface area contributed by atoms with Crippen molar-refractivity contribution in [2.75, 3.05) is 0 Å². The Bertz CT molecular complexity index is 477. The molecule has 1 aromatic heterocycles. The smallest absolute Gasteiger partial charge is 0.333 e. The molecule has 0 fully saturated rings. The molecule has 1 N–H and O–H groups in total. The van der Waals surface area contributed by atoms with E-state index in [9.17, 15) is 13.2 Å². The summed E-state index contributed by atoms with van der Waals surface area (Å²) in [4.78, 5) is 5.86. The highest BCUT2D eigenvalue weighted by Gasteiger charge is 2.35. The molecule has 1 heterocycles. The van der Waals surface area contributed by atoms with Crippen LogP contribution in [0.1, 0.15) is 11.4 Å². The summed E-state index contributed by atoms with van der Waals surface area (Å²) in [5, 5.41) is 0. The molecule has 2 aromatic rings. The first kappa shape index (κ1) is 10.7. The fourth-order valence-corrected chi connectivity index (χ4v) is 1.90. The van der Waals surface area contributed by atoms with Gasteiger partial charge in [-0.2, -0.15) is 13.2 Å². The Morgan fingerprint density at radius 2 is 2.00 bits per heavy atom. The maximum atomic E-state index is 12.4. The Hall–Kier alpha value is -0.790. The predicted molar refractivity (Wildman–Crippen MR) is 58.5 cm³/mol. The fourth-order valence-electron chi connectivity index (χ4n) is 1.33.